The van der Waals surface area contributed by atoms with E-state index in [-0.39, 0.29) is 5.41 Å². The Hall–Kier alpha value is -0.930. The van der Waals surface area contributed by atoms with E-state index >= 15 is 0 Å². The predicted molar refractivity (Wildman–Crippen MR) is 68.3 cm³/mol. The van der Waals surface area contributed by atoms with Gasteiger partial charge in [-0.05, 0) is 30.4 Å². The summed E-state index contributed by atoms with van der Waals surface area (Å²) >= 11 is 0. The van der Waals surface area contributed by atoms with Gasteiger partial charge in [-0.1, -0.05) is 25.8 Å². The van der Waals surface area contributed by atoms with E-state index in [2.05, 4.69) is 11.9 Å². The Kier molecular flexibility index (Phi) is 3.79. The lowest BCUT2D eigenvalue weighted by Gasteiger charge is -2.42. The highest BCUT2D eigenvalue weighted by molar-refractivity contribution is 5.16. The molecule has 2 rings (SSSR count). The van der Waals surface area contributed by atoms with Gasteiger partial charge in [0.1, 0.15) is 0 Å². The molecule has 0 bridgehead atoms. The van der Waals surface area contributed by atoms with Crippen LogP contribution in [0.2, 0.25) is 0 Å². The Morgan fingerprint density at radius 1 is 1.65 bits per heavy atom. The fourth-order valence-corrected chi connectivity index (χ4v) is 3.14. The minimum atomic E-state index is -0.482. The minimum Gasteiger partial charge on any atom is -0.388 e. The van der Waals surface area contributed by atoms with Gasteiger partial charge in [0.2, 0.25) is 0 Å². The van der Waals surface area contributed by atoms with Gasteiger partial charge in [-0.15, -0.1) is 0 Å². The zero-order valence-corrected chi connectivity index (χ0v) is 10.5. The molecule has 0 aliphatic heterocycles. The second kappa shape index (κ2) is 5.15. The minimum absolute atomic E-state index is 0.152. The number of aliphatic hydroxyl groups is 1. The summed E-state index contributed by atoms with van der Waals surface area (Å²) in [5, 5.41) is 10.6. The maximum absolute atomic E-state index is 10.6. The third-order valence-corrected chi connectivity index (χ3v) is 4.11. The molecule has 1 aliphatic carbocycles. The van der Waals surface area contributed by atoms with Crippen LogP contribution >= 0.6 is 0 Å². The summed E-state index contributed by atoms with van der Waals surface area (Å²) in [4.78, 5) is 4.08. The molecule has 3 N–H and O–H groups in total. The third kappa shape index (κ3) is 2.50. The number of hydrogen-bond donors (Lipinski definition) is 2. The molecule has 1 saturated carbocycles. The molecule has 0 aromatic carbocycles. The maximum Gasteiger partial charge on any atom is 0.0873 e. The normalized spacial score (nSPS) is 31.1. The summed E-state index contributed by atoms with van der Waals surface area (Å²) in [6.45, 7) is 2.80. The first kappa shape index (κ1) is 12.5. The molecule has 0 spiro atoms. The fraction of sp³-hybridized carbons (Fsp3) is 0.643. The van der Waals surface area contributed by atoms with Crippen LogP contribution in [0.4, 0.5) is 0 Å². The van der Waals surface area contributed by atoms with Crippen molar-refractivity contribution in [2.75, 3.05) is 6.54 Å². The topological polar surface area (TPSA) is 59.1 Å². The number of nitrogens with two attached hydrogens (primary N) is 1. The first-order valence-electron chi connectivity index (χ1n) is 6.46. The molecular weight excluding hydrogens is 212 g/mol. The Labute approximate surface area is 103 Å². The van der Waals surface area contributed by atoms with Crippen LogP contribution in [-0.2, 0) is 0 Å². The lowest BCUT2D eigenvalue weighted by atomic mass is 9.65. The van der Waals surface area contributed by atoms with Crippen molar-refractivity contribution >= 4 is 0 Å². The van der Waals surface area contributed by atoms with Crippen LogP contribution in [0.1, 0.15) is 44.3 Å². The molecule has 3 unspecified atom stereocenters. The van der Waals surface area contributed by atoms with E-state index in [1.165, 1.54) is 6.42 Å². The van der Waals surface area contributed by atoms with Crippen LogP contribution in [-0.4, -0.2) is 16.6 Å². The Bertz CT molecular complexity index is 354. The van der Waals surface area contributed by atoms with Crippen molar-refractivity contribution in [3.8, 4) is 0 Å². The van der Waals surface area contributed by atoms with Crippen molar-refractivity contribution in [3.63, 3.8) is 0 Å². The lowest BCUT2D eigenvalue weighted by Crippen LogP contribution is -2.40. The van der Waals surface area contributed by atoms with Gasteiger partial charge in [0.25, 0.3) is 0 Å². The van der Waals surface area contributed by atoms with Crippen LogP contribution in [0, 0.1) is 11.3 Å². The number of hydrogen-bond acceptors (Lipinski definition) is 3. The molecule has 94 valence electrons. The second-order valence-electron chi connectivity index (χ2n) is 5.46. The highest BCUT2D eigenvalue weighted by Crippen LogP contribution is 2.46. The van der Waals surface area contributed by atoms with E-state index in [1.54, 1.807) is 12.4 Å². The van der Waals surface area contributed by atoms with E-state index < -0.39 is 6.10 Å². The van der Waals surface area contributed by atoms with Crippen LogP contribution in [0.3, 0.4) is 0 Å². The summed E-state index contributed by atoms with van der Waals surface area (Å²) < 4.78 is 0. The standard InChI is InChI=1S/C14H22N2O/c1-11-4-2-6-14(8-11,10-15)13(17)12-5-3-7-16-9-12/h3,5,7,9,11,13,17H,2,4,6,8,10,15H2,1H3. The quantitative estimate of drug-likeness (QED) is 0.843. The van der Waals surface area contributed by atoms with Crippen LogP contribution in [0.5, 0.6) is 0 Å². The summed E-state index contributed by atoms with van der Waals surface area (Å²) in [6.07, 6.45) is 7.44. The monoisotopic (exact) mass is 234 g/mol. The average molecular weight is 234 g/mol. The smallest absolute Gasteiger partial charge is 0.0873 e. The summed E-state index contributed by atoms with van der Waals surface area (Å²) in [5.41, 5.74) is 6.70. The van der Waals surface area contributed by atoms with Crippen molar-refractivity contribution in [3.05, 3.63) is 30.1 Å². The van der Waals surface area contributed by atoms with E-state index in [0.717, 1.165) is 24.8 Å². The van der Waals surface area contributed by atoms with Gasteiger partial charge in [-0.25, -0.2) is 0 Å². The second-order valence-corrected chi connectivity index (χ2v) is 5.46. The van der Waals surface area contributed by atoms with E-state index in [1.807, 2.05) is 12.1 Å². The number of nitrogens with zero attached hydrogens (tertiary/aromatic N) is 1. The van der Waals surface area contributed by atoms with Crippen LogP contribution in [0.15, 0.2) is 24.5 Å². The van der Waals surface area contributed by atoms with E-state index in [9.17, 15) is 5.11 Å². The highest BCUT2D eigenvalue weighted by atomic mass is 16.3. The molecule has 17 heavy (non-hydrogen) atoms. The van der Waals surface area contributed by atoms with Crippen molar-refractivity contribution in [1.29, 1.82) is 0 Å². The predicted octanol–water partition coefficient (Wildman–Crippen LogP) is 2.27. The largest absolute Gasteiger partial charge is 0.388 e. The molecule has 3 nitrogen and oxygen atoms in total. The summed E-state index contributed by atoms with van der Waals surface area (Å²) in [5.74, 6) is 0.652. The van der Waals surface area contributed by atoms with Gasteiger partial charge in [0.05, 0.1) is 6.10 Å². The van der Waals surface area contributed by atoms with Gasteiger partial charge < -0.3 is 10.8 Å². The SMILES string of the molecule is CC1CCCC(CN)(C(O)c2cccnc2)C1. The summed E-state index contributed by atoms with van der Waals surface area (Å²) in [6, 6.07) is 3.81. The molecule has 1 aromatic heterocycles. The molecule has 0 radical (unpaired) electrons. The Morgan fingerprint density at radius 2 is 2.47 bits per heavy atom. The van der Waals surface area contributed by atoms with E-state index in [0.29, 0.717) is 12.5 Å². The lowest BCUT2D eigenvalue weighted by molar-refractivity contribution is -0.0132. The number of rotatable bonds is 3. The molecular formula is C14H22N2O. The van der Waals surface area contributed by atoms with Gasteiger partial charge in [0, 0.05) is 24.4 Å². The molecule has 1 aliphatic rings. The van der Waals surface area contributed by atoms with Gasteiger partial charge in [0.15, 0.2) is 0 Å². The van der Waals surface area contributed by atoms with Gasteiger partial charge in [-0.2, -0.15) is 0 Å². The van der Waals surface area contributed by atoms with Crippen LogP contribution < -0.4 is 5.73 Å². The van der Waals surface area contributed by atoms with Crippen LogP contribution in [0.25, 0.3) is 0 Å². The average Bonchev–Trinajstić information content (AvgIpc) is 2.38. The zero-order chi connectivity index (χ0) is 12.3. The fourth-order valence-electron chi connectivity index (χ4n) is 3.14. The highest BCUT2D eigenvalue weighted by Gasteiger charge is 2.40. The Morgan fingerprint density at radius 3 is 3.06 bits per heavy atom. The molecule has 3 heteroatoms. The molecule has 0 amide bonds. The van der Waals surface area contributed by atoms with Gasteiger partial charge >= 0.3 is 0 Å². The van der Waals surface area contributed by atoms with Crippen molar-refractivity contribution in [1.82, 2.24) is 4.98 Å². The van der Waals surface area contributed by atoms with Crippen molar-refractivity contribution in [2.45, 2.75) is 38.7 Å². The first-order chi connectivity index (χ1) is 8.18. The first-order valence-corrected chi connectivity index (χ1v) is 6.46. The number of pyridine rings is 1. The molecule has 0 saturated heterocycles. The van der Waals surface area contributed by atoms with Crippen molar-refractivity contribution < 1.29 is 5.11 Å². The number of aromatic nitrogens is 1. The summed E-state index contributed by atoms with van der Waals surface area (Å²) in [7, 11) is 0. The molecule has 1 fully saturated rings. The number of aliphatic hydroxyl groups excluding tert-OH is 1. The third-order valence-electron chi connectivity index (χ3n) is 4.11. The van der Waals surface area contributed by atoms with Gasteiger partial charge in [-0.3, -0.25) is 4.98 Å². The zero-order valence-electron chi connectivity index (χ0n) is 10.5. The molecule has 3 atom stereocenters. The van der Waals surface area contributed by atoms with Crippen molar-refractivity contribution in [2.24, 2.45) is 17.1 Å². The maximum atomic E-state index is 10.6. The Balaban J connectivity index is 2.23. The molecule has 1 heterocycles. The van der Waals surface area contributed by atoms with E-state index in [4.69, 9.17) is 5.73 Å². The molecule has 1 aromatic rings.